The number of benzene rings is 1. The molecule has 3 heteroatoms. The molecule has 1 aromatic rings. The lowest BCUT2D eigenvalue weighted by atomic mass is 9.43. The second-order valence-corrected chi connectivity index (χ2v) is 9.04. The zero-order valence-corrected chi connectivity index (χ0v) is 16.1. The molecule has 1 N–H and O–H groups in total. The quantitative estimate of drug-likeness (QED) is 0.721. The minimum absolute atomic E-state index is 0.118. The normalized spacial score (nSPS) is 45.3. The molecule has 3 bridgehead atoms. The van der Waals surface area contributed by atoms with Crippen molar-refractivity contribution in [1.82, 2.24) is 0 Å². The van der Waals surface area contributed by atoms with E-state index < -0.39 is 11.4 Å². The summed E-state index contributed by atoms with van der Waals surface area (Å²) in [5.41, 5.74) is 1.28. The summed E-state index contributed by atoms with van der Waals surface area (Å²) < 4.78 is 0. The number of alkyl halides is 1. The molecule has 0 amide bonds. The molecule has 4 saturated carbocycles. The highest BCUT2D eigenvalue weighted by atomic mass is 35.5. The van der Waals surface area contributed by atoms with Crippen LogP contribution in [-0.2, 0) is 10.2 Å². The number of fused-ring (bicyclic) bond motifs is 2. The van der Waals surface area contributed by atoms with Gasteiger partial charge < -0.3 is 5.11 Å². The van der Waals surface area contributed by atoms with Gasteiger partial charge >= 0.3 is 5.97 Å². The Morgan fingerprint density at radius 1 is 1.16 bits per heavy atom. The molecule has 136 valence electrons. The second kappa shape index (κ2) is 5.74. The molecule has 6 unspecified atom stereocenters. The van der Waals surface area contributed by atoms with Crippen molar-refractivity contribution in [2.45, 2.75) is 57.8 Å². The van der Waals surface area contributed by atoms with E-state index in [0.717, 1.165) is 25.7 Å². The van der Waals surface area contributed by atoms with Crippen LogP contribution in [0.15, 0.2) is 30.3 Å². The van der Waals surface area contributed by atoms with Gasteiger partial charge in [0.2, 0.25) is 0 Å². The summed E-state index contributed by atoms with van der Waals surface area (Å²) in [4.78, 5) is 12.2. The van der Waals surface area contributed by atoms with E-state index in [0.29, 0.717) is 23.6 Å². The number of halogens is 1. The number of hydrogen-bond acceptors (Lipinski definition) is 1. The molecule has 0 radical (unpaired) electrons. The highest BCUT2D eigenvalue weighted by Crippen LogP contribution is 2.85. The molecule has 1 aromatic carbocycles. The van der Waals surface area contributed by atoms with Gasteiger partial charge in [0.1, 0.15) is 0 Å². The predicted molar refractivity (Wildman–Crippen MR) is 101 cm³/mol. The first kappa shape index (κ1) is 17.4. The van der Waals surface area contributed by atoms with E-state index in [1.54, 1.807) is 0 Å². The average molecular weight is 361 g/mol. The fourth-order valence-electron chi connectivity index (χ4n) is 7.65. The first-order valence-electron chi connectivity index (χ1n) is 9.92. The van der Waals surface area contributed by atoms with Crippen LogP contribution in [0, 0.1) is 28.6 Å². The standard InChI is InChI=1S/C20H23ClO2.C2H6/c21-7-6-15-13-8-18(17(22)23)11-19(14-4-2-1-3-5-14)10-16(15)20(19,9-13)12-18;1-2/h1-5,13,15-16H,6-12H2,(H,22,23);1-2H3. The Labute approximate surface area is 156 Å². The van der Waals surface area contributed by atoms with Crippen molar-refractivity contribution in [3.8, 4) is 0 Å². The van der Waals surface area contributed by atoms with Crippen molar-refractivity contribution in [3.63, 3.8) is 0 Å². The lowest BCUT2D eigenvalue weighted by Gasteiger charge is -2.60. The number of aliphatic carboxylic acids is 1. The topological polar surface area (TPSA) is 37.3 Å². The van der Waals surface area contributed by atoms with Crippen LogP contribution in [0.2, 0.25) is 0 Å². The minimum atomic E-state index is -0.545. The summed E-state index contributed by atoms with van der Waals surface area (Å²) in [5.74, 6) is 2.11. The van der Waals surface area contributed by atoms with Gasteiger partial charge in [-0.3, -0.25) is 4.79 Å². The Morgan fingerprint density at radius 2 is 1.88 bits per heavy atom. The Balaban J connectivity index is 0.000000758. The lowest BCUT2D eigenvalue weighted by Crippen LogP contribution is -2.56. The van der Waals surface area contributed by atoms with Crippen LogP contribution >= 0.6 is 11.6 Å². The molecule has 6 atom stereocenters. The van der Waals surface area contributed by atoms with Gasteiger partial charge in [0.25, 0.3) is 0 Å². The fourth-order valence-corrected chi connectivity index (χ4v) is 7.91. The number of rotatable bonds is 4. The molecule has 4 aliphatic carbocycles. The van der Waals surface area contributed by atoms with Crippen LogP contribution in [0.3, 0.4) is 0 Å². The Bertz CT molecular complexity index is 674. The first-order valence-corrected chi connectivity index (χ1v) is 10.5. The van der Waals surface area contributed by atoms with Crippen LogP contribution in [0.1, 0.15) is 57.9 Å². The molecule has 4 fully saturated rings. The Kier molecular flexibility index (Phi) is 3.99. The summed E-state index contributed by atoms with van der Waals surface area (Å²) in [6.07, 6.45) is 6.15. The van der Waals surface area contributed by atoms with Crippen LogP contribution in [0.25, 0.3) is 0 Å². The third-order valence-corrected chi connectivity index (χ3v) is 8.37. The molecule has 0 heterocycles. The van der Waals surface area contributed by atoms with Gasteiger partial charge in [-0.25, -0.2) is 0 Å². The van der Waals surface area contributed by atoms with Crippen molar-refractivity contribution in [1.29, 1.82) is 0 Å². The summed E-state index contributed by atoms with van der Waals surface area (Å²) in [6.45, 7) is 4.00. The van der Waals surface area contributed by atoms with E-state index in [2.05, 4.69) is 30.3 Å². The summed E-state index contributed by atoms with van der Waals surface area (Å²) >= 11 is 6.09. The van der Waals surface area contributed by atoms with E-state index >= 15 is 0 Å². The molecule has 0 aliphatic heterocycles. The molecule has 1 spiro atoms. The van der Waals surface area contributed by atoms with E-state index in [1.165, 1.54) is 18.4 Å². The van der Waals surface area contributed by atoms with Crippen molar-refractivity contribution < 1.29 is 9.90 Å². The Hall–Kier alpha value is -1.02. The molecule has 0 saturated heterocycles. The monoisotopic (exact) mass is 360 g/mol. The maximum absolute atomic E-state index is 12.2. The molecule has 4 aliphatic rings. The Morgan fingerprint density at radius 3 is 2.52 bits per heavy atom. The van der Waals surface area contributed by atoms with Crippen LogP contribution in [0.5, 0.6) is 0 Å². The number of hydrogen-bond donors (Lipinski definition) is 1. The molecular formula is C22H29ClO2. The highest BCUT2D eigenvalue weighted by molar-refractivity contribution is 6.17. The van der Waals surface area contributed by atoms with Crippen LogP contribution in [0.4, 0.5) is 0 Å². The van der Waals surface area contributed by atoms with Gasteiger partial charge in [0.15, 0.2) is 0 Å². The number of carboxylic acids is 1. The van der Waals surface area contributed by atoms with Gasteiger partial charge in [0.05, 0.1) is 5.41 Å². The molecule has 0 aromatic heterocycles. The van der Waals surface area contributed by atoms with Crippen molar-refractivity contribution in [3.05, 3.63) is 35.9 Å². The minimum Gasteiger partial charge on any atom is -0.481 e. The predicted octanol–water partition coefficient (Wildman–Crippen LogP) is 5.49. The summed E-state index contributed by atoms with van der Waals surface area (Å²) in [6, 6.07) is 10.8. The second-order valence-electron chi connectivity index (χ2n) is 8.66. The zero-order chi connectivity index (χ0) is 17.9. The number of carboxylic acid groups (broad SMARTS) is 1. The van der Waals surface area contributed by atoms with E-state index in [4.69, 9.17) is 11.6 Å². The van der Waals surface area contributed by atoms with Gasteiger partial charge in [-0.2, -0.15) is 0 Å². The smallest absolute Gasteiger partial charge is 0.309 e. The fraction of sp³-hybridized carbons (Fsp3) is 0.682. The first-order chi connectivity index (χ1) is 12.1. The maximum Gasteiger partial charge on any atom is 0.309 e. The SMILES string of the molecule is CC.O=C(O)C12CC3CC4(C1)C(CC4(c1ccccc1)C2)C3CCCl. The third kappa shape index (κ3) is 1.95. The highest BCUT2D eigenvalue weighted by Gasteiger charge is 2.81. The third-order valence-electron chi connectivity index (χ3n) is 8.15. The molecule has 5 rings (SSSR count). The summed E-state index contributed by atoms with van der Waals surface area (Å²) in [5, 5.41) is 10.1. The largest absolute Gasteiger partial charge is 0.481 e. The van der Waals surface area contributed by atoms with Crippen LogP contribution in [-0.4, -0.2) is 17.0 Å². The zero-order valence-electron chi connectivity index (χ0n) is 15.3. The summed E-state index contributed by atoms with van der Waals surface area (Å²) in [7, 11) is 0. The van der Waals surface area contributed by atoms with Gasteiger partial charge in [0, 0.05) is 11.3 Å². The van der Waals surface area contributed by atoms with E-state index in [9.17, 15) is 9.90 Å². The maximum atomic E-state index is 12.2. The van der Waals surface area contributed by atoms with Crippen molar-refractivity contribution in [2.24, 2.45) is 28.6 Å². The van der Waals surface area contributed by atoms with E-state index in [1.807, 2.05) is 13.8 Å². The van der Waals surface area contributed by atoms with Gasteiger partial charge in [-0.1, -0.05) is 44.2 Å². The van der Waals surface area contributed by atoms with Crippen molar-refractivity contribution >= 4 is 17.6 Å². The lowest BCUT2D eigenvalue weighted by molar-refractivity contribution is -0.151. The molecule has 2 nitrogen and oxygen atoms in total. The van der Waals surface area contributed by atoms with Gasteiger partial charge in [-0.15, -0.1) is 11.6 Å². The molecular weight excluding hydrogens is 332 g/mol. The molecule has 25 heavy (non-hydrogen) atoms. The van der Waals surface area contributed by atoms with Crippen LogP contribution < -0.4 is 0 Å². The average Bonchev–Trinajstić information content (AvgIpc) is 2.91. The van der Waals surface area contributed by atoms with Gasteiger partial charge in [-0.05, 0) is 67.3 Å². The number of carbonyl (C=O) groups is 1. The van der Waals surface area contributed by atoms with Crippen molar-refractivity contribution in [2.75, 3.05) is 5.88 Å². The van der Waals surface area contributed by atoms with E-state index in [-0.39, 0.29) is 10.8 Å².